The normalized spacial score (nSPS) is 14.9. The van der Waals surface area contributed by atoms with Gasteiger partial charge < -0.3 is 18.9 Å². The lowest BCUT2D eigenvalue weighted by atomic mass is 10.0. The van der Waals surface area contributed by atoms with Crippen LogP contribution < -0.4 is 18.9 Å². The Morgan fingerprint density at radius 1 is 1.00 bits per heavy atom. The summed E-state index contributed by atoms with van der Waals surface area (Å²) in [7, 11) is 4.67. The van der Waals surface area contributed by atoms with E-state index in [1.165, 1.54) is 19.0 Å². The minimum Gasteiger partial charge on any atom is -0.497 e. The second-order valence-corrected chi connectivity index (χ2v) is 8.75. The largest absolute Gasteiger partial charge is 0.497 e. The molecule has 0 N–H and O–H groups in total. The number of rotatable bonds is 9. The van der Waals surface area contributed by atoms with Gasteiger partial charge in [0.15, 0.2) is 23.9 Å². The smallest absolute Gasteiger partial charge is 0.281 e. The first-order chi connectivity index (χ1) is 16.9. The molecule has 4 rings (SSSR count). The molecule has 0 radical (unpaired) electrons. The van der Waals surface area contributed by atoms with Crippen molar-refractivity contribution >= 4 is 28.7 Å². The molecule has 0 fully saturated rings. The summed E-state index contributed by atoms with van der Waals surface area (Å²) in [5.41, 5.74) is 2.03. The summed E-state index contributed by atoms with van der Waals surface area (Å²) in [5, 5.41) is 8.08. The fourth-order valence-electron chi connectivity index (χ4n) is 3.89. The molecule has 1 aliphatic rings. The second kappa shape index (κ2) is 10.6. The topological polar surface area (TPSA) is 86.7 Å². The van der Waals surface area contributed by atoms with Gasteiger partial charge in [-0.25, -0.2) is 5.01 Å². The van der Waals surface area contributed by atoms with E-state index in [4.69, 9.17) is 18.9 Å². The molecule has 9 heteroatoms. The maximum Gasteiger partial charge on any atom is 0.281 e. The number of ether oxygens (including phenoxy) is 4. The molecule has 1 amide bonds. The van der Waals surface area contributed by atoms with Crippen LogP contribution in [-0.2, 0) is 4.79 Å². The van der Waals surface area contributed by atoms with Gasteiger partial charge in [0.2, 0.25) is 0 Å². The van der Waals surface area contributed by atoms with Gasteiger partial charge in [0.25, 0.3) is 5.91 Å². The van der Waals surface area contributed by atoms with Gasteiger partial charge in [-0.1, -0.05) is 12.1 Å². The van der Waals surface area contributed by atoms with E-state index < -0.39 is 0 Å². The summed E-state index contributed by atoms with van der Waals surface area (Å²) in [6, 6.07) is 14.1. The molecule has 0 spiro atoms. The highest BCUT2D eigenvalue weighted by molar-refractivity contribution is 7.12. The summed E-state index contributed by atoms with van der Waals surface area (Å²) in [6.07, 6.45) is 0.545. The molecule has 0 saturated carbocycles. The third kappa shape index (κ3) is 5.14. The average molecular weight is 495 g/mol. The predicted molar refractivity (Wildman–Crippen MR) is 133 cm³/mol. The molecule has 1 atom stereocenters. The van der Waals surface area contributed by atoms with E-state index in [1.54, 1.807) is 43.8 Å². The van der Waals surface area contributed by atoms with Crippen molar-refractivity contribution in [3.05, 3.63) is 69.9 Å². The van der Waals surface area contributed by atoms with Crippen molar-refractivity contribution in [3.8, 4) is 23.0 Å². The number of hydrogen-bond acceptors (Lipinski definition) is 8. The van der Waals surface area contributed by atoms with Crippen molar-refractivity contribution in [1.29, 1.82) is 0 Å². The van der Waals surface area contributed by atoms with Crippen molar-refractivity contribution < 1.29 is 28.5 Å². The Kier molecular flexibility index (Phi) is 7.36. The molecule has 1 aliphatic heterocycles. The molecule has 0 aliphatic carbocycles. The standard InChI is InChI=1S/C26H26N2O6S/c1-16(29)19-13-18(31-2)8-10-22(19)34-15-26(30)28-21(14-20(27-28)25-6-5-11-35-25)17-7-9-23(32-3)24(12-17)33-4/h5-13,21H,14-15H2,1-4H3. The molecule has 1 aromatic heterocycles. The molecule has 35 heavy (non-hydrogen) atoms. The van der Waals surface area contributed by atoms with Gasteiger partial charge in [0.1, 0.15) is 11.5 Å². The van der Waals surface area contributed by atoms with Crippen LogP contribution in [0.3, 0.4) is 0 Å². The second-order valence-electron chi connectivity index (χ2n) is 7.80. The summed E-state index contributed by atoms with van der Waals surface area (Å²) in [4.78, 5) is 26.4. The van der Waals surface area contributed by atoms with Crippen LogP contribution >= 0.6 is 11.3 Å². The number of carbonyl (C=O) groups is 2. The van der Waals surface area contributed by atoms with E-state index in [2.05, 4.69) is 5.10 Å². The maximum absolute atomic E-state index is 13.3. The zero-order chi connectivity index (χ0) is 24.9. The number of methoxy groups -OCH3 is 3. The fraction of sp³-hybridized carbons (Fsp3) is 0.269. The summed E-state index contributed by atoms with van der Waals surface area (Å²) in [6.45, 7) is 1.16. The van der Waals surface area contributed by atoms with Crippen molar-refractivity contribution in [2.75, 3.05) is 27.9 Å². The molecule has 2 heterocycles. The number of amides is 1. The van der Waals surface area contributed by atoms with Crippen LogP contribution in [0, 0.1) is 0 Å². The minimum absolute atomic E-state index is 0.186. The van der Waals surface area contributed by atoms with E-state index in [0.29, 0.717) is 35.0 Å². The van der Waals surface area contributed by atoms with Gasteiger partial charge in [0.05, 0.1) is 43.5 Å². The Balaban J connectivity index is 1.61. The average Bonchev–Trinajstić information content (AvgIpc) is 3.57. The molecule has 8 nitrogen and oxygen atoms in total. The zero-order valence-corrected chi connectivity index (χ0v) is 20.8. The lowest BCUT2D eigenvalue weighted by Crippen LogP contribution is -2.31. The Labute approximate surface area is 207 Å². The Bertz CT molecular complexity index is 1250. The quantitative estimate of drug-likeness (QED) is 0.400. The van der Waals surface area contributed by atoms with Crippen LogP contribution in [0.2, 0.25) is 0 Å². The lowest BCUT2D eigenvalue weighted by molar-refractivity contribution is -0.135. The van der Waals surface area contributed by atoms with Crippen LogP contribution in [0.15, 0.2) is 59.0 Å². The van der Waals surface area contributed by atoms with Gasteiger partial charge in [-0.2, -0.15) is 5.10 Å². The molecular weight excluding hydrogens is 468 g/mol. The number of hydrazone groups is 1. The van der Waals surface area contributed by atoms with Gasteiger partial charge in [-0.3, -0.25) is 9.59 Å². The molecule has 0 bridgehead atoms. The van der Waals surface area contributed by atoms with Gasteiger partial charge >= 0.3 is 0 Å². The van der Waals surface area contributed by atoms with E-state index in [1.807, 2.05) is 35.7 Å². The Morgan fingerprint density at radius 3 is 2.43 bits per heavy atom. The first-order valence-corrected chi connectivity index (χ1v) is 11.8. The van der Waals surface area contributed by atoms with E-state index in [0.717, 1.165) is 16.2 Å². The number of thiophene rings is 1. The van der Waals surface area contributed by atoms with E-state index in [9.17, 15) is 9.59 Å². The van der Waals surface area contributed by atoms with Crippen LogP contribution in [0.25, 0.3) is 0 Å². The monoisotopic (exact) mass is 494 g/mol. The third-order valence-electron chi connectivity index (χ3n) is 5.68. The minimum atomic E-state index is -0.342. The van der Waals surface area contributed by atoms with Gasteiger partial charge in [-0.15, -0.1) is 11.3 Å². The molecular formula is C26H26N2O6S. The summed E-state index contributed by atoms with van der Waals surface area (Å²) in [5.74, 6) is 1.51. The number of nitrogens with zero attached hydrogens (tertiary/aromatic N) is 2. The SMILES string of the molecule is COc1ccc(OCC(=O)N2N=C(c3cccs3)CC2c2ccc(OC)c(OC)c2)c(C(C)=O)c1. The van der Waals surface area contributed by atoms with Gasteiger partial charge in [0, 0.05) is 6.42 Å². The number of carbonyl (C=O) groups excluding carboxylic acids is 2. The molecule has 182 valence electrons. The predicted octanol–water partition coefficient (Wildman–Crippen LogP) is 4.73. The molecule has 1 unspecified atom stereocenters. The van der Waals surface area contributed by atoms with Gasteiger partial charge in [-0.05, 0) is 54.3 Å². The Hall–Kier alpha value is -3.85. The van der Waals surface area contributed by atoms with Crippen LogP contribution in [0.4, 0.5) is 0 Å². The molecule has 2 aromatic carbocycles. The number of hydrogen-bond donors (Lipinski definition) is 0. The highest BCUT2D eigenvalue weighted by Gasteiger charge is 2.34. The number of ketones is 1. The first kappa shape index (κ1) is 24.3. The maximum atomic E-state index is 13.3. The molecule has 3 aromatic rings. The van der Waals surface area contributed by atoms with E-state index in [-0.39, 0.29) is 24.3 Å². The first-order valence-electron chi connectivity index (χ1n) is 10.9. The van der Waals surface area contributed by atoms with Crippen molar-refractivity contribution in [3.63, 3.8) is 0 Å². The number of benzene rings is 2. The van der Waals surface area contributed by atoms with Crippen LogP contribution in [0.5, 0.6) is 23.0 Å². The Morgan fingerprint density at radius 2 is 1.77 bits per heavy atom. The van der Waals surface area contributed by atoms with Crippen molar-refractivity contribution in [2.24, 2.45) is 5.10 Å². The number of Topliss-reactive ketones (excluding diaryl/α,β-unsaturated/α-hetero) is 1. The van der Waals surface area contributed by atoms with E-state index >= 15 is 0 Å². The molecule has 0 saturated heterocycles. The van der Waals surface area contributed by atoms with Crippen molar-refractivity contribution in [1.82, 2.24) is 5.01 Å². The summed E-state index contributed by atoms with van der Waals surface area (Å²) >= 11 is 1.57. The van der Waals surface area contributed by atoms with Crippen LogP contribution in [-0.4, -0.2) is 50.3 Å². The highest BCUT2D eigenvalue weighted by Crippen LogP contribution is 2.38. The zero-order valence-electron chi connectivity index (χ0n) is 19.9. The third-order valence-corrected chi connectivity index (χ3v) is 6.60. The van der Waals surface area contributed by atoms with Crippen molar-refractivity contribution in [2.45, 2.75) is 19.4 Å². The highest BCUT2D eigenvalue weighted by atomic mass is 32.1. The van der Waals surface area contributed by atoms with Crippen LogP contribution in [0.1, 0.15) is 40.2 Å². The lowest BCUT2D eigenvalue weighted by Gasteiger charge is -2.23. The fourth-order valence-corrected chi connectivity index (χ4v) is 4.62. The summed E-state index contributed by atoms with van der Waals surface area (Å²) < 4.78 is 21.8.